The van der Waals surface area contributed by atoms with E-state index in [1.54, 1.807) is 7.11 Å². The number of anilines is 2. The topological polar surface area (TPSA) is 49.9 Å². The number of rotatable bonds is 3. The van der Waals surface area contributed by atoms with Gasteiger partial charge in [0, 0.05) is 11.4 Å². The van der Waals surface area contributed by atoms with E-state index in [0.717, 1.165) is 17.1 Å². The zero-order valence-electron chi connectivity index (χ0n) is 13.7. The molecule has 0 aliphatic carbocycles. The Morgan fingerprint density at radius 3 is 1.96 bits per heavy atom. The maximum atomic E-state index is 12.3. The Labute approximate surface area is 152 Å². The summed E-state index contributed by atoms with van der Waals surface area (Å²) < 4.78 is 29.8. The molecule has 0 amide bonds. The van der Waals surface area contributed by atoms with Crippen molar-refractivity contribution in [2.75, 3.05) is 28.4 Å². The van der Waals surface area contributed by atoms with E-state index >= 15 is 0 Å². The van der Waals surface area contributed by atoms with Crippen LogP contribution in [0.5, 0.6) is 5.75 Å². The molecule has 0 aromatic heterocycles. The summed E-state index contributed by atoms with van der Waals surface area (Å²) in [4.78, 5) is 3.95. The second kappa shape index (κ2) is 6.00. The SMILES string of the molecule is COc1ccc(N2C(=S)N(c3ccccc3)[C@H]3CS(=O)(=O)C[C@@H]32)cc1. The summed E-state index contributed by atoms with van der Waals surface area (Å²) in [5.41, 5.74) is 1.81. The third-order valence-electron chi connectivity index (χ3n) is 4.75. The largest absolute Gasteiger partial charge is 0.497 e. The number of para-hydroxylation sites is 1. The summed E-state index contributed by atoms with van der Waals surface area (Å²) in [7, 11) is -1.47. The molecule has 5 nitrogen and oxygen atoms in total. The highest BCUT2D eigenvalue weighted by molar-refractivity contribution is 7.91. The normalized spacial score (nSPS) is 24.4. The van der Waals surface area contributed by atoms with Gasteiger partial charge in [-0.05, 0) is 48.6 Å². The van der Waals surface area contributed by atoms with Gasteiger partial charge in [0.15, 0.2) is 14.9 Å². The quantitative estimate of drug-likeness (QED) is 0.770. The second-order valence-electron chi connectivity index (χ2n) is 6.27. The lowest BCUT2D eigenvalue weighted by molar-refractivity contribution is 0.415. The zero-order chi connectivity index (χ0) is 17.6. The average Bonchev–Trinajstić information content (AvgIpc) is 3.04. The van der Waals surface area contributed by atoms with Gasteiger partial charge in [-0.2, -0.15) is 0 Å². The second-order valence-corrected chi connectivity index (χ2v) is 8.79. The van der Waals surface area contributed by atoms with Gasteiger partial charge < -0.3 is 14.5 Å². The van der Waals surface area contributed by atoms with Crippen molar-refractivity contribution in [2.24, 2.45) is 0 Å². The molecule has 7 heteroatoms. The van der Waals surface area contributed by atoms with Gasteiger partial charge in [-0.1, -0.05) is 18.2 Å². The van der Waals surface area contributed by atoms with Gasteiger partial charge in [-0.15, -0.1) is 0 Å². The summed E-state index contributed by atoms with van der Waals surface area (Å²) in [5.74, 6) is 0.997. The molecule has 2 saturated heterocycles. The van der Waals surface area contributed by atoms with Crippen molar-refractivity contribution in [1.29, 1.82) is 0 Å². The molecule has 0 radical (unpaired) electrons. The Balaban J connectivity index is 1.77. The predicted molar refractivity (Wildman–Crippen MR) is 103 cm³/mol. The first kappa shape index (κ1) is 16.4. The summed E-state index contributed by atoms with van der Waals surface area (Å²) >= 11 is 5.74. The molecule has 0 saturated carbocycles. The van der Waals surface area contributed by atoms with Crippen molar-refractivity contribution in [3.8, 4) is 5.75 Å². The molecule has 2 heterocycles. The van der Waals surface area contributed by atoms with E-state index in [1.807, 2.05) is 64.4 Å². The molecule has 130 valence electrons. The number of thiocarbonyl (C=S) groups is 1. The molecule has 0 unspecified atom stereocenters. The highest BCUT2D eigenvalue weighted by Crippen LogP contribution is 2.38. The molecular formula is C18H18N2O3S2. The van der Waals surface area contributed by atoms with Gasteiger partial charge in [0.1, 0.15) is 5.75 Å². The minimum Gasteiger partial charge on any atom is -0.497 e. The molecule has 2 aliphatic heterocycles. The zero-order valence-corrected chi connectivity index (χ0v) is 15.3. The molecule has 25 heavy (non-hydrogen) atoms. The lowest BCUT2D eigenvalue weighted by Gasteiger charge is -2.25. The van der Waals surface area contributed by atoms with Crippen LogP contribution in [0.4, 0.5) is 11.4 Å². The smallest absolute Gasteiger partial charge is 0.181 e. The molecule has 2 fully saturated rings. The van der Waals surface area contributed by atoms with Gasteiger partial charge in [-0.3, -0.25) is 0 Å². The van der Waals surface area contributed by atoms with Crippen LogP contribution in [0.15, 0.2) is 54.6 Å². The van der Waals surface area contributed by atoms with Crippen LogP contribution in [0.25, 0.3) is 0 Å². The third kappa shape index (κ3) is 2.77. The fourth-order valence-corrected chi connectivity index (χ4v) is 6.04. The van der Waals surface area contributed by atoms with Gasteiger partial charge in [-0.25, -0.2) is 8.42 Å². The van der Waals surface area contributed by atoms with Crippen molar-refractivity contribution in [1.82, 2.24) is 0 Å². The molecule has 2 atom stereocenters. The van der Waals surface area contributed by atoms with E-state index in [2.05, 4.69) is 0 Å². The van der Waals surface area contributed by atoms with Crippen LogP contribution in [-0.2, 0) is 9.84 Å². The van der Waals surface area contributed by atoms with Gasteiger partial charge in [0.2, 0.25) is 0 Å². The van der Waals surface area contributed by atoms with Crippen molar-refractivity contribution < 1.29 is 13.2 Å². The van der Waals surface area contributed by atoms with E-state index in [0.29, 0.717) is 5.11 Å². The molecule has 4 rings (SSSR count). The van der Waals surface area contributed by atoms with Gasteiger partial charge in [0.05, 0.1) is 30.7 Å². The number of nitrogens with zero attached hydrogens (tertiary/aromatic N) is 2. The van der Waals surface area contributed by atoms with Crippen molar-refractivity contribution in [3.05, 3.63) is 54.6 Å². The van der Waals surface area contributed by atoms with E-state index in [1.165, 1.54) is 0 Å². The standard InChI is InChI=1S/C18H18N2O3S2/c1-23-15-9-7-14(8-10-15)20-17-12-25(21,22)11-16(17)19(18(20)24)13-5-3-2-4-6-13/h2-10,16-17H,11-12H2,1H3/t16-,17-/m0/s1. The van der Waals surface area contributed by atoms with Crippen LogP contribution >= 0.6 is 12.2 Å². The fraction of sp³-hybridized carbons (Fsp3) is 0.278. The number of hydrogen-bond acceptors (Lipinski definition) is 4. The summed E-state index contributed by atoms with van der Waals surface area (Å²) in [6.45, 7) is 0. The van der Waals surface area contributed by atoms with Crippen LogP contribution in [0.3, 0.4) is 0 Å². The van der Waals surface area contributed by atoms with Crippen LogP contribution < -0.4 is 14.5 Å². The highest BCUT2D eigenvalue weighted by Gasteiger charge is 2.52. The van der Waals surface area contributed by atoms with Crippen molar-refractivity contribution in [2.45, 2.75) is 12.1 Å². The summed E-state index contributed by atoms with van der Waals surface area (Å²) in [6, 6.07) is 17.0. The number of benzene rings is 2. The molecular weight excluding hydrogens is 356 g/mol. The van der Waals surface area contributed by atoms with Gasteiger partial charge >= 0.3 is 0 Å². The minimum absolute atomic E-state index is 0.118. The number of hydrogen-bond donors (Lipinski definition) is 0. The molecule has 0 N–H and O–H groups in total. The van der Waals surface area contributed by atoms with Gasteiger partial charge in [0.25, 0.3) is 0 Å². The highest BCUT2D eigenvalue weighted by atomic mass is 32.2. The number of methoxy groups -OCH3 is 1. The van der Waals surface area contributed by atoms with Crippen molar-refractivity contribution in [3.63, 3.8) is 0 Å². The predicted octanol–water partition coefficient (Wildman–Crippen LogP) is 2.47. The monoisotopic (exact) mass is 374 g/mol. The Morgan fingerprint density at radius 1 is 0.920 bits per heavy atom. The lowest BCUT2D eigenvalue weighted by Crippen LogP contribution is -2.37. The molecule has 0 bridgehead atoms. The first-order chi connectivity index (χ1) is 12.0. The van der Waals surface area contributed by atoms with E-state index in [-0.39, 0.29) is 23.6 Å². The maximum Gasteiger partial charge on any atom is 0.181 e. The number of fused-ring (bicyclic) bond motifs is 1. The third-order valence-corrected chi connectivity index (χ3v) is 6.85. The van der Waals surface area contributed by atoms with Crippen LogP contribution in [0.2, 0.25) is 0 Å². The first-order valence-corrected chi connectivity index (χ1v) is 10.2. The average molecular weight is 374 g/mol. The Hall–Kier alpha value is -2.12. The van der Waals surface area contributed by atoms with Crippen molar-refractivity contribution >= 4 is 38.5 Å². The molecule has 2 aliphatic rings. The Kier molecular flexibility index (Phi) is 3.92. The number of ether oxygens (including phenoxy) is 1. The molecule has 0 spiro atoms. The molecule has 2 aromatic rings. The first-order valence-electron chi connectivity index (χ1n) is 8.02. The summed E-state index contributed by atoms with van der Waals surface area (Å²) in [5, 5.41) is 0.640. The van der Waals surface area contributed by atoms with Crippen LogP contribution in [0.1, 0.15) is 0 Å². The Bertz CT molecular complexity index is 898. The van der Waals surface area contributed by atoms with E-state index < -0.39 is 9.84 Å². The van der Waals surface area contributed by atoms with E-state index in [4.69, 9.17) is 17.0 Å². The van der Waals surface area contributed by atoms with Crippen LogP contribution in [0, 0.1) is 0 Å². The Morgan fingerprint density at radius 2 is 1.44 bits per heavy atom. The minimum atomic E-state index is -3.09. The number of sulfone groups is 1. The van der Waals surface area contributed by atoms with E-state index in [9.17, 15) is 8.42 Å². The van der Waals surface area contributed by atoms with Crippen LogP contribution in [-0.4, -0.2) is 44.2 Å². The fourth-order valence-electron chi connectivity index (χ4n) is 3.64. The lowest BCUT2D eigenvalue weighted by atomic mass is 10.1. The molecule has 2 aromatic carbocycles. The maximum absolute atomic E-state index is 12.3. The summed E-state index contributed by atoms with van der Waals surface area (Å²) in [6.07, 6.45) is 0.